The number of piperidine rings is 1. The van der Waals surface area contributed by atoms with Gasteiger partial charge in [-0.1, -0.05) is 23.7 Å². The minimum absolute atomic E-state index is 0.0359. The summed E-state index contributed by atoms with van der Waals surface area (Å²) < 4.78 is 17.8. The van der Waals surface area contributed by atoms with Crippen LogP contribution in [0.5, 0.6) is 0 Å². The average molecular weight is 518 g/mol. The van der Waals surface area contributed by atoms with Gasteiger partial charge in [0.15, 0.2) is 5.82 Å². The first-order valence-electron chi connectivity index (χ1n) is 12.3. The van der Waals surface area contributed by atoms with E-state index in [1.54, 1.807) is 16.8 Å². The number of nitrogens with zero attached hydrogens (tertiary/aromatic N) is 6. The lowest BCUT2D eigenvalue weighted by atomic mass is 9.78. The van der Waals surface area contributed by atoms with Gasteiger partial charge in [-0.25, -0.2) is 14.2 Å². The Balaban J connectivity index is 1.51. The molecule has 188 valence electrons. The van der Waals surface area contributed by atoms with Gasteiger partial charge in [-0.15, -0.1) is 0 Å². The number of nitrogens with one attached hydrogen (secondary N) is 1. The molecule has 0 aliphatic carbocycles. The molecule has 0 atom stereocenters. The smallest absolute Gasteiger partial charge is 0.279 e. The van der Waals surface area contributed by atoms with Gasteiger partial charge in [0.05, 0.1) is 17.8 Å². The minimum atomic E-state index is -0.666. The van der Waals surface area contributed by atoms with E-state index in [1.807, 2.05) is 25.4 Å². The lowest BCUT2D eigenvalue weighted by molar-refractivity contribution is 0.247. The van der Waals surface area contributed by atoms with Crippen LogP contribution in [0.25, 0.3) is 32.8 Å². The van der Waals surface area contributed by atoms with Crippen molar-refractivity contribution in [2.45, 2.75) is 19.3 Å². The quantitative estimate of drug-likeness (QED) is 0.398. The van der Waals surface area contributed by atoms with Crippen molar-refractivity contribution in [1.82, 2.24) is 24.6 Å². The molecule has 2 fully saturated rings. The van der Waals surface area contributed by atoms with Gasteiger partial charge in [0.1, 0.15) is 16.7 Å². The Bertz CT molecular complexity index is 1620. The van der Waals surface area contributed by atoms with Gasteiger partial charge in [0.25, 0.3) is 5.56 Å². The summed E-state index contributed by atoms with van der Waals surface area (Å²) in [5, 5.41) is 8.75. The standard InChI is InChI=1S/C27H25ClFN7O/c1-30-22-5-3-17(14-20(22)29)24-32-25(35-11-8-27(9-12-35)7-10-31-16-27)23(28)26(37)36(24)19-4-6-21-18(13-19)15-34(2)33-21/h3-6,13-15,31H,7-12,16H2,2H3. The second kappa shape index (κ2) is 8.98. The Morgan fingerprint density at radius 3 is 2.68 bits per heavy atom. The van der Waals surface area contributed by atoms with Gasteiger partial charge < -0.3 is 10.2 Å². The maximum absolute atomic E-state index is 14.7. The Labute approximate surface area is 218 Å². The molecule has 0 saturated carbocycles. The van der Waals surface area contributed by atoms with Crippen molar-refractivity contribution in [2.24, 2.45) is 12.5 Å². The summed E-state index contributed by atoms with van der Waals surface area (Å²) in [7, 11) is 1.83. The molecule has 2 saturated heterocycles. The highest BCUT2D eigenvalue weighted by atomic mass is 35.5. The second-order valence-corrected chi connectivity index (χ2v) is 10.3. The molecule has 2 aliphatic heterocycles. The van der Waals surface area contributed by atoms with Gasteiger partial charge in [0.2, 0.25) is 5.69 Å². The van der Waals surface area contributed by atoms with Crippen molar-refractivity contribution in [1.29, 1.82) is 0 Å². The minimum Gasteiger partial charge on any atom is -0.355 e. The zero-order valence-electron chi connectivity index (χ0n) is 20.3. The highest BCUT2D eigenvalue weighted by Gasteiger charge is 2.38. The SMILES string of the molecule is [C-]#[N+]c1ccc(-c2nc(N3CCC4(CCNC4)CC3)c(Cl)c(=O)n2-c2ccc3nn(C)cc3c2)cc1F. The number of anilines is 1. The van der Waals surface area contributed by atoms with E-state index in [4.69, 9.17) is 23.2 Å². The number of rotatable bonds is 3. The van der Waals surface area contributed by atoms with E-state index in [0.29, 0.717) is 22.5 Å². The van der Waals surface area contributed by atoms with Crippen LogP contribution in [0.4, 0.5) is 15.9 Å². The van der Waals surface area contributed by atoms with Crippen molar-refractivity contribution in [3.63, 3.8) is 0 Å². The molecular weight excluding hydrogens is 493 g/mol. The Morgan fingerprint density at radius 2 is 1.97 bits per heavy atom. The van der Waals surface area contributed by atoms with Gasteiger partial charge in [0, 0.05) is 43.8 Å². The van der Waals surface area contributed by atoms with Gasteiger partial charge in [-0.05, 0) is 55.5 Å². The van der Waals surface area contributed by atoms with E-state index in [0.717, 1.165) is 56.3 Å². The van der Waals surface area contributed by atoms with Crippen LogP contribution in [-0.4, -0.2) is 45.5 Å². The van der Waals surface area contributed by atoms with Gasteiger partial charge in [-0.3, -0.25) is 14.0 Å². The molecular formula is C27H25ClFN7O. The van der Waals surface area contributed by atoms with E-state index in [1.165, 1.54) is 16.7 Å². The normalized spacial score (nSPS) is 17.0. The molecule has 0 radical (unpaired) electrons. The molecule has 2 aromatic heterocycles. The first-order chi connectivity index (χ1) is 17.9. The molecule has 37 heavy (non-hydrogen) atoms. The third-order valence-electron chi connectivity index (χ3n) is 7.65. The van der Waals surface area contributed by atoms with Crippen LogP contribution >= 0.6 is 11.6 Å². The predicted molar refractivity (Wildman–Crippen MR) is 142 cm³/mol. The molecule has 0 bridgehead atoms. The van der Waals surface area contributed by atoms with E-state index in [2.05, 4.69) is 20.2 Å². The molecule has 2 aliphatic rings. The Kier molecular flexibility index (Phi) is 5.74. The van der Waals surface area contributed by atoms with Crippen LogP contribution in [-0.2, 0) is 7.05 Å². The maximum Gasteiger partial charge on any atom is 0.279 e. The Morgan fingerprint density at radius 1 is 1.16 bits per heavy atom. The van der Waals surface area contributed by atoms with Crippen LogP contribution in [0.15, 0.2) is 47.4 Å². The van der Waals surface area contributed by atoms with Gasteiger partial charge in [-0.2, -0.15) is 5.10 Å². The number of hydrogen-bond acceptors (Lipinski definition) is 5. The molecule has 0 unspecified atom stereocenters. The first kappa shape index (κ1) is 23.6. The molecule has 2 aromatic carbocycles. The largest absolute Gasteiger partial charge is 0.355 e. The van der Waals surface area contributed by atoms with Crippen molar-refractivity contribution >= 4 is 34.0 Å². The fourth-order valence-electron chi connectivity index (χ4n) is 5.56. The molecule has 10 heteroatoms. The molecule has 8 nitrogen and oxygen atoms in total. The molecule has 0 amide bonds. The molecule has 4 heterocycles. The molecule has 1 spiro atoms. The Hall–Kier alpha value is -3.74. The van der Waals surface area contributed by atoms with Gasteiger partial charge >= 0.3 is 0 Å². The van der Waals surface area contributed by atoms with Crippen LogP contribution in [0, 0.1) is 17.8 Å². The third kappa shape index (κ3) is 4.06. The molecule has 6 rings (SSSR count). The number of hydrogen-bond donors (Lipinski definition) is 1. The van der Waals surface area contributed by atoms with Crippen LogP contribution < -0.4 is 15.8 Å². The number of aromatic nitrogens is 4. The van der Waals surface area contributed by atoms with Crippen LogP contribution in [0.3, 0.4) is 0 Å². The fourth-order valence-corrected chi connectivity index (χ4v) is 5.81. The molecule has 4 aromatic rings. The highest BCUT2D eigenvalue weighted by molar-refractivity contribution is 6.32. The zero-order valence-corrected chi connectivity index (χ0v) is 21.1. The summed E-state index contributed by atoms with van der Waals surface area (Å²) >= 11 is 6.71. The predicted octanol–water partition coefficient (Wildman–Crippen LogP) is 4.71. The summed E-state index contributed by atoms with van der Waals surface area (Å²) in [5.74, 6) is 0.0166. The van der Waals surface area contributed by atoms with E-state index in [-0.39, 0.29) is 16.5 Å². The summed E-state index contributed by atoms with van der Waals surface area (Å²) in [6.45, 7) is 10.7. The monoisotopic (exact) mass is 517 g/mol. The van der Waals surface area contributed by atoms with Crippen molar-refractivity contribution in [3.8, 4) is 17.1 Å². The lowest BCUT2D eigenvalue weighted by Gasteiger charge is -2.39. The van der Waals surface area contributed by atoms with Crippen molar-refractivity contribution in [3.05, 3.63) is 75.2 Å². The van der Waals surface area contributed by atoms with Crippen LogP contribution in [0.1, 0.15) is 19.3 Å². The summed E-state index contributed by atoms with van der Waals surface area (Å²) in [5.41, 5.74) is 1.49. The molecule has 1 N–H and O–H groups in total. The van der Waals surface area contributed by atoms with Crippen molar-refractivity contribution in [2.75, 3.05) is 31.1 Å². The second-order valence-electron chi connectivity index (χ2n) is 9.95. The van der Waals surface area contributed by atoms with Crippen molar-refractivity contribution < 1.29 is 4.39 Å². The number of aryl methyl sites for hydroxylation is 1. The fraction of sp³-hybridized carbons (Fsp3) is 0.333. The van der Waals surface area contributed by atoms with Crippen LogP contribution in [0.2, 0.25) is 5.02 Å². The zero-order chi connectivity index (χ0) is 25.7. The lowest BCUT2D eigenvalue weighted by Crippen LogP contribution is -2.42. The van der Waals surface area contributed by atoms with E-state index >= 15 is 0 Å². The summed E-state index contributed by atoms with van der Waals surface area (Å²) in [6, 6.07) is 9.72. The number of fused-ring (bicyclic) bond motifs is 1. The average Bonchev–Trinajstić information content (AvgIpc) is 3.51. The maximum atomic E-state index is 14.7. The third-order valence-corrected chi connectivity index (χ3v) is 7.98. The number of halogens is 2. The summed E-state index contributed by atoms with van der Waals surface area (Å²) in [6.07, 6.45) is 4.99. The van der Waals surface area contributed by atoms with E-state index in [9.17, 15) is 9.18 Å². The first-order valence-corrected chi connectivity index (χ1v) is 12.6. The number of benzene rings is 2. The highest BCUT2D eigenvalue weighted by Crippen LogP contribution is 2.39. The topological polar surface area (TPSA) is 72.3 Å². The summed E-state index contributed by atoms with van der Waals surface area (Å²) in [4.78, 5) is 24.0. The van der Waals surface area contributed by atoms with E-state index < -0.39 is 11.4 Å².